The van der Waals surface area contributed by atoms with Crippen molar-refractivity contribution >= 4 is 11.6 Å². The van der Waals surface area contributed by atoms with Crippen LogP contribution in [0.1, 0.15) is 19.3 Å². The van der Waals surface area contributed by atoms with Crippen LogP contribution in [0.2, 0.25) is 0 Å². The minimum Gasteiger partial charge on any atom is -0.493 e. The molecule has 1 aliphatic rings. The predicted octanol–water partition coefficient (Wildman–Crippen LogP) is 3.88. The first-order chi connectivity index (χ1) is 11.3. The highest BCUT2D eigenvalue weighted by Crippen LogP contribution is 2.30. The van der Waals surface area contributed by atoms with Crippen LogP contribution in [0.5, 0.6) is 11.5 Å². The fraction of sp³-hybridized carbons (Fsp3) is 0.316. The molecule has 3 rings (SSSR count). The number of anilines is 1. The highest BCUT2D eigenvalue weighted by atomic mass is 16.5. The first-order valence-corrected chi connectivity index (χ1v) is 8.03. The fourth-order valence-electron chi connectivity index (χ4n) is 2.21. The molecule has 1 N–H and O–H groups in total. The van der Waals surface area contributed by atoms with Crippen molar-refractivity contribution < 1.29 is 14.3 Å². The molecule has 0 bridgehead atoms. The minimum absolute atomic E-state index is 0.110. The number of ether oxygens (including phenoxy) is 2. The van der Waals surface area contributed by atoms with Gasteiger partial charge in [-0.25, -0.2) is 0 Å². The summed E-state index contributed by atoms with van der Waals surface area (Å²) in [6.07, 6.45) is 2.81. The molecule has 0 spiro atoms. The Morgan fingerprint density at radius 2 is 1.65 bits per heavy atom. The van der Waals surface area contributed by atoms with Crippen LogP contribution in [0.4, 0.5) is 5.69 Å². The van der Waals surface area contributed by atoms with Crippen molar-refractivity contribution in [2.45, 2.75) is 19.3 Å². The number of para-hydroxylation sites is 1. The van der Waals surface area contributed by atoms with Gasteiger partial charge in [-0.2, -0.15) is 0 Å². The Balaban J connectivity index is 1.38. The van der Waals surface area contributed by atoms with Gasteiger partial charge < -0.3 is 14.8 Å². The standard InChI is InChI=1S/C19H21NO3/c21-19(15-10-11-15)20-16-6-4-9-18(14-16)23-13-5-12-22-17-7-2-1-3-8-17/h1-4,6-9,14-15H,5,10-13H2,(H,20,21). The Labute approximate surface area is 136 Å². The van der Waals surface area contributed by atoms with E-state index < -0.39 is 0 Å². The molecule has 4 heteroatoms. The van der Waals surface area contributed by atoms with E-state index in [1.54, 1.807) is 0 Å². The summed E-state index contributed by atoms with van der Waals surface area (Å²) in [6, 6.07) is 17.3. The normalized spacial score (nSPS) is 13.4. The Kier molecular flexibility index (Phi) is 5.14. The summed E-state index contributed by atoms with van der Waals surface area (Å²) in [4.78, 5) is 11.8. The molecule has 23 heavy (non-hydrogen) atoms. The van der Waals surface area contributed by atoms with E-state index in [-0.39, 0.29) is 11.8 Å². The molecular weight excluding hydrogens is 290 g/mol. The Bertz CT molecular complexity index is 638. The fourth-order valence-corrected chi connectivity index (χ4v) is 2.21. The molecule has 120 valence electrons. The molecule has 1 amide bonds. The van der Waals surface area contributed by atoms with E-state index in [1.165, 1.54) is 0 Å². The van der Waals surface area contributed by atoms with E-state index in [0.29, 0.717) is 13.2 Å². The smallest absolute Gasteiger partial charge is 0.227 e. The number of benzene rings is 2. The van der Waals surface area contributed by atoms with Crippen LogP contribution in [-0.2, 0) is 4.79 Å². The number of hydrogen-bond acceptors (Lipinski definition) is 3. The van der Waals surface area contributed by atoms with Gasteiger partial charge in [0.1, 0.15) is 11.5 Å². The van der Waals surface area contributed by atoms with Crippen LogP contribution < -0.4 is 14.8 Å². The first kappa shape index (κ1) is 15.4. The molecule has 0 aromatic heterocycles. The average Bonchev–Trinajstić information content (AvgIpc) is 3.41. The zero-order valence-corrected chi connectivity index (χ0v) is 13.0. The van der Waals surface area contributed by atoms with E-state index in [9.17, 15) is 4.79 Å². The number of amides is 1. The van der Waals surface area contributed by atoms with Gasteiger partial charge in [-0.15, -0.1) is 0 Å². The molecule has 1 saturated carbocycles. The molecule has 0 unspecified atom stereocenters. The number of hydrogen-bond donors (Lipinski definition) is 1. The Morgan fingerprint density at radius 3 is 2.39 bits per heavy atom. The maximum Gasteiger partial charge on any atom is 0.227 e. The quantitative estimate of drug-likeness (QED) is 0.753. The second-order valence-corrected chi connectivity index (χ2v) is 5.65. The minimum atomic E-state index is 0.110. The molecule has 4 nitrogen and oxygen atoms in total. The van der Waals surface area contributed by atoms with Crippen LogP contribution in [-0.4, -0.2) is 19.1 Å². The summed E-state index contributed by atoms with van der Waals surface area (Å²) >= 11 is 0. The average molecular weight is 311 g/mol. The summed E-state index contributed by atoms with van der Waals surface area (Å²) in [7, 11) is 0. The lowest BCUT2D eigenvalue weighted by Crippen LogP contribution is -2.13. The van der Waals surface area contributed by atoms with Crippen molar-refractivity contribution in [1.82, 2.24) is 0 Å². The van der Waals surface area contributed by atoms with Gasteiger partial charge in [-0.3, -0.25) is 4.79 Å². The number of carbonyl (C=O) groups excluding carboxylic acids is 1. The Hall–Kier alpha value is -2.49. The summed E-state index contributed by atoms with van der Waals surface area (Å²) < 4.78 is 11.3. The number of rotatable bonds is 8. The lowest BCUT2D eigenvalue weighted by atomic mass is 10.3. The molecular formula is C19H21NO3. The van der Waals surface area contributed by atoms with E-state index >= 15 is 0 Å². The molecule has 2 aromatic carbocycles. The van der Waals surface area contributed by atoms with Crippen molar-refractivity contribution in [1.29, 1.82) is 0 Å². The molecule has 2 aromatic rings. The van der Waals surface area contributed by atoms with E-state index in [4.69, 9.17) is 9.47 Å². The topological polar surface area (TPSA) is 47.6 Å². The van der Waals surface area contributed by atoms with Crippen molar-refractivity contribution in [2.75, 3.05) is 18.5 Å². The molecule has 1 aliphatic carbocycles. The van der Waals surface area contributed by atoms with Crippen molar-refractivity contribution in [2.24, 2.45) is 5.92 Å². The van der Waals surface area contributed by atoms with Crippen molar-refractivity contribution in [3.63, 3.8) is 0 Å². The van der Waals surface area contributed by atoms with Crippen LogP contribution in [0.15, 0.2) is 54.6 Å². The summed E-state index contributed by atoms with van der Waals surface area (Å²) in [6.45, 7) is 1.19. The van der Waals surface area contributed by atoms with Gasteiger partial charge in [0.2, 0.25) is 5.91 Å². The highest BCUT2D eigenvalue weighted by Gasteiger charge is 2.29. The summed E-state index contributed by atoms with van der Waals surface area (Å²) in [5.74, 6) is 1.95. The van der Waals surface area contributed by atoms with Crippen LogP contribution >= 0.6 is 0 Å². The third-order valence-electron chi connectivity index (χ3n) is 3.62. The predicted molar refractivity (Wildman–Crippen MR) is 89.8 cm³/mol. The first-order valence-electron chi connectivity index (χ1n) is 8.03. The second-order valence-electron chi connectivity index (χ2n) is 5.65. The molecule has 0 heterocycles. The Morgan fingerprint density at radius 1 is 0.957 bits per heavy atom. The van der Waals surface area contributed by atoms with E-state index in [0.717, 1.165) is 36.4 Å². The van der Waals surface area contributed by atoms with E-state index in [2.05, 4.69) is 5.32 Å². The van der Waals surface area contributed by atoms with Crippen molar-refractivity contribution in [3.8, 4) is 11.5 Å². The third-order valence-corrected chi connectivity index (χ3v) is 3.62. The number of nitrogens with one attached hydrogen (secondary N) is 1. The second kappa shape index (κ2) is 7.68. The van der Waals surface area contributed by atoms with Crippen LogP contribution in [0.25, 0.3) is 0 Å². The van der Waals surface area contributed by atoms with Gasteiger partial charge in [-0.05, 0) is 37.1 Å². The van der Waals surface area contributed by atoms with Gasteiger partial charge in [0.15, 0.2) is 0 Å². The molecule has 0 aliphatic heterocycles. The van der Waals surface area contributed by atoms with Crippen LogP contribution in [0.3, 0.4) is 0 Å². The zero-order chi connectivity index (χ0) is 15.9. The SMILES string of the molecule is O=C(Nc1cccc(OCCCOc2ccccc2)c1)C1CC1. The van der Waals surface area contributed by atoms with Gasteiger partial charge in [-0.1, -0.05) is 24.3 Å². The lowest BCUT2D eigenvalue weighted by molar-refractivity contribution is -0.117. The zero-order valence-electron chi connectivity index (χ0n) is 13.0. The molecule has 0 radical (unpaired) electrons. The van der Waals surface area contributed by atoms with Gasteiger partial charge >= 0.3 is 0 Å². The van der Waals surface area contributed by atoms with Gasteiger partial charge in [0.25, 0.3) is 0 Å². The third kappa shape index (κ3) is 5.02. The maximum absolute atomic E-state index is 11.8. The lowest BCUT2D eigenvalue weighted by Gasteiger charge is -2.10. The largest absolute Gasteiger partial charge is 0.493 e. The molecule has 1 fully saturated rings. The van der Waals surface area contributed by atoms with Gasteiger partial charge in [0.05, 0.1) is 13.2 Å². The van der Waals surface area contributed by atoms with Crippen LogP contribution in [0, 0.1) is 5.92 Å². The van der Waals surface area contributed by atoms with E-state index in [1.807, 2.05) is 54.6 Å². The van der Waals surface area contributed by atoms with Gasteiger partial charge in [0, 0.05) is 24.1 Å². The summed E-state index contributed by atoms with van der Waals surface area (Å²) in [5, 5.41) is 2.92. The maximum atomic E-state index is 11.8. The summed E-state index contributed by atoms with van der Waals surface area (Å²) in [5.41, 5.74) is 0.792. The monoisotopic (exact) mass is 311 g/mol. The highest BCUT2D eigenvalue weighted by molar-refractivity contribution is 5.94. The number of carbonyl (C=O) groups is 1. The van der Waals surface area contributed by atoms with Crippen molar-refractivity contribution in [3.05, 3.63) is 54.6 Å². The molecule has 0 saturated heterocycles. The molecule has 0 atom stereocenters.